The van der Waals surface area contributed by atoms with Gasteiger partial charge in [-0.05, 0) is 25.5 Å². The Morgan fingerprint density at radius 2 is 2.35 bits per heavy atom. The molecule has 3 nitrogen and oxygen atoms in total. The Bertz CT molecular complexity index is 552. The van der Waals surface area contributed by atoms with Crippen LogP contribution in [-0.4, -0.2) is 11.5 Å². The molecule has 0 saturated carbocycles. The molecule has 0 saturated heterocycles. The number of nitriles is 1. The lowest BCUT2D eigenvalue weighted by Gasteiger charge is -2.03. The van der Waals surface area contributed by atoms with Crippen LogP contribution in [0.15, 0.2) is 24.5 Å². The van der Waals surface area contributed by atoms with Crippen LogP contribution in [-0.2, 0) is 0 Å². The number of hydrogen-bond acceptors (Lipinski definition) is 4. The zero-order valence-electron chi connectivity index (χ0n) is 9.82. The third-order valence-corrected chi connectivity index (χ3v) is 3.77. The number of hydrogen-bond donors (Lipinski definition) is 1. The molecule has 2 aromatic rings. The zero-order valence-corrected chi connectivity index (χ0v) is 10.6. The summed E-state index contributed by atoms with van der Waals surface area (Å²) in [6.07, 6.45) is 3.58. The number of nitrogens with zero attached hydrogens (tertiary/aromatic N) is 2. The Labute approximate surface area is 105 Å². The molecule has 0 unspecified atom stereocenters. The molecule has 0 aliphatic carbocycles. The smallest absolute Gasteiger partial charge is 0.128 e. The van der Waals surface area contributed by atoms with Gasteiger partial charge < -0.3 is 5.32 Å². The van der Waals surface area contributed by atoms with Gasteiger partial charge in [0.15, 0.2) is 0 Å². The van der Waals surface area contributed by atoms with Crippen molar-refractivity contribution in [1.82, 2.24) is 4.98 Å². The van der Waals surface area contributed by atoms with Gasteiger partial charge in [0, 0.05) is 29.4 Å². The number of nitrogens with one attached hydrogen (secondary N) is 1. The summed E-state index contributed by atoms with van der Waals surface area (Å²) in [5.41, 5.74) is 3.15. The third kappa shape index (κ3) is 2.15. The average molecular weight is 243 g/mol. The highest BCUT2D eigenvalue weighted by Crippen LogP contribution is 2.38. The van der Waals surface area contributed by atoms with Crippen molar-refractivity contribution in [1.29, 1.82) is 5.26 Å². The minimum absolute atomic E-state index is 0.739. The normalized spacial score (nSPS) is 9.94. The van der Waals surface area contributed by atoms with Crippen LogP contribution in [0.5, 0.6) is 0 Å². The topological polar surface area (TPSA) is 48.7 Å². The largest absolute Gasteiger partial charge is 0.383 e. The van der Waals surface area contributed by atoms with E-state index in [1.807, 2.05) is 32.2 Å². The molecule has 4 heteroatoms. The van der Waals surface area contributed by atoms with Crippen molar-refractivity contribution in [2.24, 2.45) is 0 Å². The monoisotopic (exact) mass is 243 g/mol. The molecule has 0 aliphatic rings. The minimum Gasteiger partial charge on any atom is -0.383 e. The first-order chi connectivity index (χ1) is 8.27. The van der Waals surface area contributed by atoms with E-state index in [1.54, 1.807) is 6.20 Å². The summed E-state index contributed by atoms with van der Waals surface area (Å²) in [5, 5.41) is 12.4. The third-order valence-electron chi connectivity index (χ3n) is 2.53. The second-order valence-corrected chi connectivity index (χ2v) is 4.66. The number of aromatic nitrogens is 1. The molecule has 0 aromatic carbocycles. The summed E-state index contributed by atoms with van der Waals surface area (Å²) in [4.78, 5) is 5.97. The molecule has 0 fully saturated rings. The predicted molar refractivity (Wildman–Crippen MR) is 71.2 cm³/mol. The van der Waals surface area contributed by atoms with Crippen molar-refractivity contribution in [2.45, 2.75) is 13.8 Å². The average Bonchev–Trinajstić information content (AvgIpc) is 2.69. The molecule has 2 aromatic heterocycles. The first-order valence-corrected chi connectivity index (χ1v) is 6.27. The van der Waals surface area contributed by atoms with Gasteiger partial charge in [0.1, 0.15) is 10.9 Å². The molecule has 1 N–H and O–H groups in total. The number of rotatable bonds is 3. The van der Waals surface area contributed by atoms with Gasteiger partial charge in [0.25, 0.3) is 0 Å². The highest BCUT2D eigenvalue weighted by atomic mass is 32.1. The second kappa shape index (κ2) is 4.98. The Morgan fingerprint density at radius 3 is 2.94 bits per heavy atom. The first kappa shape index (κ1) is 11.6. The van der Waals surface area contributed by atoms with E-state index in [2.05, 4.69) is 16.4 Å². The predicted octanol–water partition coefficient (Wildman–Crippen LogP) is 3.42. The SMILES string of the molecule is CCNc1c(C#N)sc(-c2cccnc2)c1C. The lowest BCUT2D eigenvalue weighted by Crippen LogP contribution is -1.98. The molecule has 0 atom stereocenters. The van der Waals surface area contributed by atoms with E-state index in [0.717, 1.165) is 33.1 Å². The summed E-state index contributed by atoms with van der Waals surface area (Å²) in [6.45, 7) is 4.89. The highest BCUT2D eigenvalue weighted by Gasteiger charge is 2.15. The lowest BCUT2D eigenvalue weighted by atomic mass is 10.1. The summed E-state index contributed by atoms with van der Waals surface area (Å²) in [6, 6.07) is 6.17. The van der Waals surface area contributed by atoms with E-state index in [1.165, 1.54) is 11.3 Å². The van der Waals surface area contributed by atoms with Crippen molar-refractivity contribution in [3.63, 3.8) is 0 Å². The molecule has 0 bridgehead atoms. The van der Waals surface area contributed by atoms with Crippen molar-refractivity contribution in [2.75, 3.05) is 11.9 Å². The maximum absolute atomic E-state index is 9.13. The second-order valence-electron chi connectivity index (χ2n) is 3.64. The van der Waals surface area contributed by atoms with Crippen LogP contribution in [0.4, 0.5) is 5.69 Å². The van der Waals surface area contributed by atoms with Crippen molar-refractivity contribution in [3.05, 3.63) is 35.0 Å². The quantitative estimate of drug-likeness (QED) is 0.898. The summed E-state index contributed by atoms with van der Waals surface area (Å²) >= 11 is 1.52. The fraction of sp³-hybridized carbons (Fsp3) is 0.231. The van der Waals surface area contributed by atoms with Crippen LogP contribution < -0.4 is 5.32 Å². The van der Waals surface area contributed by atoms with Crippen LogP contribution in [0.3, 0.4) is 0 Å². The molecule has 0 spiro atoms. The van der Waals surface area contributed by atoms with Gasteiger partial charge in [-0.1, -0.05) is 6.07 Å². The molecule has 2 heterocycles. The molecular weight excluding hydrogens is 230 g/mol. The fourth-order valence-electron chi connectivity index (χ4n) is 1.75. The fourth-order valence-corrected chi connectivity index (χ4v) is 2.83. The van der Waals surface area contributed by atoms with Crippen molar-refractivity contribution >= 4 is 17.0 Å². The molecule has 17 heavy (non-hydrogen) atoms. The van der Waals surface area contributed by atoms with E-state index < -0.39 is 0 Å². The van der Waals surface area contributed by atoms with E-state index in [-0.39, 0.29) is 0 Å². The van der Waals surface area contributed by atoms with Gasteiger partial charge in [-0.25, -0.2) is 0 Å². The van der Waals surface area contributed by atoms with E-state index in [4.69, 9.17) is 5.26 Å². The molecule has 0 amide bonds. The Hall–Kier alpha value is -1.86. The molecule has 2 rings (SSSR count). The standard InChI is InChI=1S/C13H13N3S/c1-3-16-12-9(2)13(17-11(12)7-14)10-5-4-6-15-8-10/h4-6,8,16H,3H2,1-2H3. The lowest BCUT2D eigenvalue weighted by molar-refractivity contribution is 1.20. The van der Waals surface area contributed by atoms with E-state index in [9.17, 15) is 0 Å². The maximum Gasteiger partial charge on any atom is 0.128 e. The van der Waals surface area contributed by atoms with Crippen LogP contribution in [0.1, 0.15) is 17.4 Å². The zero-order chi connectivity index (χ0) is 12.3. The first-order valence-electron chi connectivity index (χ1n) is 5.45. The van der Waals surface area contributed by atoms with Gasteiger partial charge >= 0.3 is 0 Å². The number of thiophene rings is 1. The Morgan fingerprint density at radius 1 is 1.53 bits per heavy atom. The number of pyridine rings is 1. The molecular formula is C13H13N3S. The van der Waals surface area contributed by atoms with Crippen LogP contribution >= 0.6 is 11.3 Å². The molecule has 86 valence electrons. The van der Waals surface area contributed by atoms with Gasteiger partial charge in [0.05, 0.1) is 5.69 Å². The minimum atomic E-state index is 0.739. The highest BCUT2D eigenvalue weighted by molar-refractivity contribution is 7.16. The summed E-state index contributed by atoms with van der Waals surface area (Å²) in [5.74, 6) is 0. The summed E-state index contributed by atoms with van der Waals surface area (Å²) in [7, 11) is 0. The van der Waals surface area contributed by atoms with Crippen LogP contribution in [0.2, 0.25) is 0 Å². The van der Waals surface area contributed by atoms with Crippen molar-refractivity contribution < 1.29 is 0 Å². The Kier molecular flexibility index (Phi) is 3.40. The summed E-state index contributed by atoms with van der Waals surface area (Å²) < 4.78 is 0. The van der Waals surface area contributed by atoms with Crippen LogP contribution in [0.25, 0.3) is 10.4 Å². The van der Waals surface area contributed by atoms with Crippen molar-refractivity contribution in [3.8, 4) is 16.5 Å². The van der Waals surface area contributed by atoms with E-state index in [0.29, 0.717) is 0 Å². The number of anilines is 1. The van der Waals surface area contributed by atoms with Gasteiger partial charge in [-0.2, -0.15) is 5.26 Å². The van der Waals surface area contributed by atoms with Gasteiger partial charge in [0.2, 0.25) is 0 Å². The molecule has 0 radical (unpaired) electrons. The van der Waals surface area contributed by atoms with E-state index >= 15 is 0 Å². The maximum atomic E-state index is 9.13. The van der Waals surface area contributed by atoms with Gasteiger partial charge in [-0.15, -0.1) is 11.3 Å². The van der Waals surface area contributed by atoms with Gasteiger partial charge in [-0.3, -0.25) is 4.98 Å². The Balaban J connectivity index is 2.54. The molecule has 0 aliphatic heterocycles. The van der Waals surface area contributed by atoms with Crippen LogP contribution in [0, 0.1) is 18.3 Å².